The molecule has 0 unspecified atom stereocenters. The van der Waals surface area contributed by atoms with Crippen molar-refractivity contribution in [1.82, 2.24) is 15.0 Å². The summed E-state index contributed by atoms with van der Waals surface area (Å²) in [7, 11) is 0. The average molecular weight is 272 g/mol. The van der Waals surface area contributed by atoms with Crippen molar-refractivity contribution in [1.29, 1.82) is 0 Å². The first kappa shape index (κ1) is 12.9. The summed E-state index contributed by atoms with van der Waals surface area (Å²) in [5.41, 5.74) is 4.97. The van der Waals surface area contributed by atoms with Gasteiger partial charge in [-0.05, 0) is 24.3 Å². The fourth-order valence-electron chi connectivity index (χ4n) is 1.35. The summed E-state index contributed by atoms with van der Waals surface area (Å²) in [4.78, 5) is 20.5. The molecule has 0 amide bonds. The maximum atomic E-state index is 12.0. The Bertz CT molecular complexity index is 636. The van der Waals surface area contributed by atoms with E-state index in [2.05, 4.69) is 19.7 Å². The Kier molecular flexibility index (Phi) is 3.11. The van der Waals surface area contributed by atoms with Crippen LogP contribution >= 0.6 is 0 Å². The monoisotopic (exact) mass is 272 g/mol. The Morgan fingerprint density at radius 1 is 1.16 bits per heavy atom. The first-order valence-electron chi connectivity index (χ1n) is 4.93. The number of rotatable bonds is 2. The molecule has 1 aromatic heterocycles. The van der Waals surface area contributed by atoms with Crippen LogP contribution in [0.2, 0.25) is 0 Å². The summed E-state index contributed by atoms with van der Waals surface area (Å²) >= 11 is 0. The van der Waals surface area contributed by atoms with Crippen LogP contribution in [0.5, 0.6) is 5.75 Å². The third kappa shape index (κ3) is 3.44. The molecule has 2 rings (SSSR count). The van der Waals surface area contributed by atoms with Gasteiger partial charge in [0.25, 0.3) is 0 Å². The van der Waals surface area contributed by atoms with E-state index in [-0.39, 0.29) is 17.5 Å². The number of nitrogens with one attached hydrogen (secondary N) is 1. The number of aromatic nitrogens is 3. The Morgan fingerprint density at radius 2 is 1.79 bits per heavy atom. The number of anilines is 1. The predicted octanol–water partition coefficient (Wildman–Crippen LogP) is 1.31. The molecule has 6 nitrogen and oxygen atoms in total. The van der Waals surface area contributed by atoms with Crippen LogP contribution in [0.1, 0.15) is 0 Å². The van der Waals surface area contributed by atoms with Crippen LogP contribution in [0.25, 0.3) is 11.4 Å². The third-order valence-corrected chi connectivity index (χ3v) is 2.03. The average Bonchev–Trinajstić information content (AvgIpc) is 2.26. The van der Waals surface area contributed by atoms with Crippen molar-refractivity contribution in [2.24, 2.45) is 0 Å². The van der Waals surface area contributed by atoms with Gasteiger partial charge in [0.1, 0.15) is 11.6 Å². The van der Waals surface area contributed by atoms with Crippen LogP contribution in [-0.4, -0.2) is 21.3 Å². The number of ether oxygens (including phenoxy) is 1. The lowest BCUT2D eigenvalue weighted by Crippen LogP contribution is -2.17. The molecule has 0 spiro atoms. The number of halogens is 3. The summed E-state index contributed by atoms with van der Waals surface area (Å²) in [6.07, 6.45) is -4.75. The number of nitrogens with zero attached hydrogens (tertiary/aromatic N) is 2. The molecule has 0 aliphatic carbocycles. The van der Waals surface area contributed by atoms with Gasteiger partial charge in [-0.3, -0.25) is 4.98 Å². The standard InChI is InChI=1S/C10H7F3N4O2/c11-10(12,13)19-6-3-1-5(2-4-6)7-15-8(14)17-9(18)16-7/h1-4H,(H3,14,15,16,17,18). The minimum absolute atomic E-state index is 0.107. The summed E-state index contributed by atoms with van der Waals surface area (Å²) < 4.78 is 39.6. The van der Waals surface area contributed by atoms with E-state index in [1.807, 2.05) is 0 Å². The lowest BCUT2D eigenvalue weighted by atomic mass is 10.2. The second-order valence-corrected chi connectivity index (χ2v) is 3.43. The maximum Gasteiger partial charge on any atom is 0.573 e. The zero-order valence-electron chi connectivity index (χ0n) is 9.23. The number of hydrogen-bond acceptors (Lipinski definition) is 5. The molecule has 2 aromatic rings. The van der Waals surface area contributed by atoms with Gasteiger partial charge in [-0.2, -0.15) is 9.97 Å². The zero-order valence-corrected chi connectivity index (χ0v) is 9.23. The topological polar surface area (TPSA) is 93.9 Å². The van der Waals surface area contributed by atoms with E-state index in [1.54, 1.807) is 0 Å². The quantitative estimate of drug-likeness (QED) is 0.859. The van der Waals surface area contributed by atoms with Crippen molar-refractivity contribution in [2.45, 2.75) is 6.36 Å². The van der Waals surface area contributed by atoms with Gasteiger partial charge in [-0.25, -0.2) is 4.79 Å². The SMILES string of the molecule is Nc1nc(-c2ccc(OC(F)(F)F)cc2)[nH]c(=O)n1. The fourth-order valence-corrected chi connectivity index (χ4v) is 1.35. The first-order valence-corrected chi connectivity index (χ1v) is 4.93. The van der Waals surface area contributed by atoms with Crippen LogP contribution in [0, 0.1) is 0 Å². The molecule has 0 fully saturated rings. The molecule has 100 valence electrons. The fraction of sp³-hybridized carbons (Fsp3) is 0.100. The number of aromatic amines is 1. The number of benzene rings is 1. The highest BCUT2D eigenvalue weighted by molar-refractivity contribution is 5.56. The number of H-pyrrole nitrogens is 1. The first-order chi connectivity index (χ1) is 8.83. The second-order valence-electron chi connectivity index (χ2n) is 3.43. The molecule has 0 aliphatic heterocycles. The molecule has 0 aliphatic rings. The number of nitrogens with two attached hydrogens (primary N) is 1. The Morgan fingerprint density at radius 3 is 2.32 bits per heavy atom. The van der Waals surface area contributed by atoms with E-state index in [1.165, 1.54) is 12.1 Å². The normalized spacial score (nSPS) is 11.3. The summed E-state index contributed by atoms with van der Waals surface area (Å²) in [6.45, 7) is 0. The molecule has 0 radical (unpaired) electrons. The van der Waals surface area contributed by atoms with Gasteiger partial charge in [0.15, 0.2) is 0 Å². The minimum atomic E-state index is -4.75. The molecular formula is C10H7F3N4O2. The molecule has 0 saturated carbocycles. The van der Waals surface area contributed by atoms with Crippen molar-refractivity contribution in [3.63, 3.8) is 0 Å². The lowest BCUT2D eigenvalue weighted by molar-refractivity contribution is -0.274. The van der Waals surface area contributed by atoms with E-state index < -0.39 is 12.1 Å². The Hall–Kier alpha value is -2.58. The molecule has 0 bridgehead atoms. The minimum Gasteiger partial charge on any atom is -0.406 e. The molecule has 9 heteroatoms. The molecular weight excluding hydrogens is 265 g/mol. The van der Waals surface area contributed by atoms with Crippen LogP contribution in [0.4, 0.5) is 19.1 Å². The number of nitrogen functional groups attached to an aromatic ring is 1. The van der Waals surface area contributed by atoms with E-state index >= 15 is 0 Å². The van der Waals surface area contributed by atoms with Gasteiger partial charge in [0.05, 0.1) is 0 Å². The van der Waals surface area contributed by atoms with Gasteiger partial charge in [-0.15, -0.1) is 13.2 Å². The van der Waals surface area contributed by atoms with Gasteiger partial charge in [0.2, 0.25) is 5.95 Å². The highest BCUT2D eigenvalue weighted by Gasteiger charge is 2.30. The highest BCUT2D eigenvalue weighted by atomic mass is 19.4. The zero-order chi connectivity index (χ0) is 14.0. The van der Waals surface area contributed by atoms with Crippen molar-refractivity contribution in [2.75, 3.05) is 5.73 Å². The van der Waals surface area contributed by atoms with Crippen molar-refractivity contribution >= 4 is 5.95 Å². The van der Waals surface area contributed by atoms with E-state index in [9.17, 15) is 18.0 Å². The van der Waals surface area contributed by atoms with Crippen LogP contribution in [0.3, 0.4) is 0 Å². The molecule has 1 heterocycles. The maximum absolute atomic E-state index is 12.0. The van der Waals surface area contributed by atoms with E-state index in [0.717, 1.165) is 12.1 Å². The summed E-state index contributed by atoms with van der Waals surface area (Å²) in [6, 6.07) is 4.80. The summed E-state index contributed by atoms with van der Waals surface area (Å²) in [5.74, 6) is -0.494. The van der Waals surface area contributed by atoms with Crippen LogP contribution in [0.15, 0.2) is 29.1 Å². The van der Waals surface area contributed by atoms with Gasteiger partial charge in [-0.1, -0.05) is 0 Å². The van der Waals surface area contributed by atoms with E-state index in [4.69, 9.17) is 5.73 Å². The van der Waals surface area contributed by atoms with Gasteiger partial charge >= 0.3 is 12.1 Å². The van der Waals surface area contributed by atoms with Crippen molar-refractivity contribution < 1.29 is 17.9 Å². The van der Waals surface area contributed by atoms with Crippen LogP contribution in [-0.2, 0) is 0 Å². The smallest absolute Gasteiger partial charge is 0.406 e. The lowest BCUT2D eigenvalue weighted by Gasteiger charge is -2.09. The number of alkyl halides is 3. The second kappa shape index (κ2) is 4.59. The van der Waals surface area contributed by atoms with E-state index in [0.29, 0.717) is 5.56 Å². The highest BCUT2D eigenvalue weighted by Crippen LogP contribution is 2.24. The Balaban J connectivity index is 2.30. The largest absolute Gasteiger partial charge is 0.573 e. The van der Waals surface area contributed by atoms with Crippen LogP contribution < -0.4 is 16.2 Å². The molecule has 19 heavy (non-hydrogen) atoms. The van der Waals surface area contributed by atoms with Gasteiger partial charge in [0, 0.05) is 5.56 Å². The molecule has 3 N–H and O–H groups in total. The third-order valence-electron chi connectivity index (χ3n) is 2.03. The molecule has 0 atom stereocenters. The van der Waals surface area contributed by atoms with Crippen molar-refractivity contribution in [3.8, 4) is 17.1 Å². The van der Waals surface area contributed by atoms with Crippen molar-refractivity contribution in [3.05, 3.63) is 34.7 Å². The predicted molar refractivity (Wildman–Crippen MR) is 59.2 cm³/mol. The molecule has 1 aromatic carbocycles. The van der Waals surface area contributed by atoms with Gasteiger partial charge < -0.3 is 10.5 Å². The summed E-state index contributed by atoms with van der Waals surface area (Å²) in [5, 5.41) is 0. The number of hydrogen-bond donors (Lipinski definition) is 2. The molecule has 0 saturated heterocycles. The Labute approximate surface area is 104 Å².